The first kappa shape index (κ1) is 19.8. The monoisotopic (exact) mass is 395 g/mol. The fourth-order valence-corrected chi connectivity index (χ4v) is 3.63. The number of methoxy groups -OCH3 is 1. The first-order chi connectivity index (χ1) is 13.5. The van der Waals surface area contributed by atoms with Crippen molar-refractivity contribution in [2.24, 2.45) is 0 Å². The van der Waals surface area contributed by atoms with Crippen molar-refractivity contribution in [2.75, 3.05) is 13.7 Å². The number of benzene rings is 2. The molecule has 5 nitrogen and oxygen atoms in total. The van der Waals surface area contributed by atoms with Crippen molar-refractivity contribution in [1.82, 2.24) is 4.90 Å². The lowest BCUT2D eigenvalue weighted by atomic mass is 10.1. The maximum absolute atomic E-state index is 12.7. The maximum Gasteiger partial charge on any atom is 0.293 e. The van der Waals surface area contributed by atoms with E-state index in [1.807, 2.05) is 37.3 Å². The van der Waals surface area contributed by atoms with Gasteiger partial charge in [-0.2, -0.15) is 0 Å². The van der Waals surface area contributed by atoms with Crippen molar-refractivity contribution in [3.05, 3.63) is 76.7 Å². The van der Waals surface area contributed by atoms with E-state index in [1.165, 1.54) is 4.90 Å². The lowest BCUT2D eigenvalue weighted by Crippen LogP contribution is -2.27. The van der Waals surface area contributed by atoms with Crippen molar-refractivity contribution in [3.63, 3.8) is 0 Å². The Kier molecular flexibility index (Phi) is 6.21. The van der Waals surface area contributed by atoms with E-state index in [2.05, 4.69) is 6.58 Å². The van der Waals surface area contributed by atoms with Crippen LogP contribution in [0.5, 0.6) is 11.5 Å². The molecule has 0 aromatic heterocycles. The molecule has 2 amide bonds. The van der Waals surface area contributed by atoms with Crippen molar-refractivity contribution in [3.8, 4) is 11.5 Å². The molecule has 0 aliphatic carbocycles. The van der Waals surface area contributed by atoms with Crippen LogP contribution in [0.4, 0.5) is 4.79 Å². The lowest BCUT2D eigenvalue weighted by Gasteiger charge is -2.14. The zero-order valence-corrected chi connectivity index (χ0v) is 16.6. The molecule has 3 rings (SSSR count). The fourth-order valence-electron chi connectivity index (χ4n) is 2.79. The zero-order valence-electron chi connectivity index (χ0n) is 15.8. The summed E-state index contributed by atoms with van der Waals surface area (Å²) in [4.78, 5) is 26.8. The molecule has 28 heavy (non-hydrogen) atoms. The second kappa shape index (κ2) is 8.80. The third-order valence-electron chi connectivity index (χ3n) is 4.31. The molecular weight excluding hydrogens is 374 g/mol. The van der Waals surface area contributed by atoms with E-state index < -0.39 is 0 Å². The van der Waals surface area contributed by atoms with E-state index in [-0.39, 0.29) is 17.7 Å². The summed E-state index contributed by atoms with van der Waals surface area (Å²) >= 11 is 0.946. The van der Waals surface area contributed by atoms with Crippen LogP contribution >= 0.6 is 11.8 Å². The third-order valence-corrected chi connectivity index (χ3v) is 5.21. The van der Waals surface area contributed by atoms with E-state index in [4.69, 9.17) is 9.47 Å². The molecule has 0 bridgehead atoms. The molecule has 0 spiro atoms. The van der Waals surface area contributed by atoms with E-state index in [9.17, 15) is 9.59 Å². The molecule has 1 fully saturated rings. The van der Waals surface area contributed by atoms with Crippen LogP contribution < -0.4 is 9.47 Å². The average molecular weight is 395 g/mol. The minimum atomic E-state index is -0.288. The number of amides is 2. The Bertz CT molecular complexity index is 951. The number of hydrogen-bond acceptors (Lipinski definition) is 5. The van der Waals surface area contributed by atoms with Gasteiger partial charge in [0, 0.05) is 0 Å². The average Bonchev–Trinajstić information content (AvgIpc) is 2.95. The molecule has 1 heterocycles. The van der Waals surface area contributed by atoms with Gasteiger partial charge in [-0.05, 0) is 53.6 Å². The Morgan fingerprint density at radius 1 is 1.14 bits per heavy atom. The van der Waals surface area contributed by atoms with Crippen LogP contribution in [0.25, 0.3) is 6.08 Å². The lowest BCUT2D eigenvalue weighted by molar-refractivity contribution is -0.123. The van der Waals surface area contributed by atoms with Crippen LogP contribution in [0.2, 0.25) is 0 Å². The summed E-state index contributed by atoms with van der Waals surface area (Å²) in [7, 11) is 1.55. The van der Waals surface area contributed by atoms with Crippen molar-refractivity contribution >= 4 is 29.0 Å². The maximum atomic E-state index is 12.7. The Morgan fingerprint density at radius 3 is 2.64 bits per heavy atom. The van der Waals surface area contributed by atoms with E-state index >= 15 is 0 Å². The summed E-state index contributed by atoms with van der Waals surface area (Å²) in [5, 5.41) is -0.266. The predicted octanol–water partition coefficient (Wildman–Crippen LogP) is 4.80. The van der Waals surface area contributed by atoms with Crippen molar-refractivity contribution in [1.29, 1.82) is 0 Å². The summed E-state index contributed by atoms with van der Waals surface area (Å²) in [5.74, 6) is 0.853. The SMILES string of the molecule is C=CCOc1ccc(/C=C2\SC(=O)N(Cc3ccccc3C)C2=O)cc1OC. The number of carbonyl (C=O) groups is 2. The van der Waals surface area contributed by atoms with Gasteiger partial charge < -0.3 is 9.47 Å². The highest BCUT2D eigenvalue weighted by atomic mass is 32.2. The quantitative estimate of drug-likeness (QED) is 0.498. The predicted molar refractivity (Wildman–Crippen MR) is 111 cm³/mol. The summed E-state index contributed by atoms with van der Waals surface area (Å²) in [6.07, 6.45) is 3.35. The highest BCUT2D eigenvalue weighted by Crippen LogP contribution is 2.35. The number of rotatable bonds is 7. The number of imide groups is 1. The Morgan fingerprint density at radius 2 is 1.93 bits per heavy atom. The standard InChI is InChI=1S/C22H21NO4S/c1-4-11-27-18-10-9-16(12-19(18)26-3)13-20-21(24)23(22(25)28-20)14-17-8-6-5-7-15(17)2/h4-10,12-13H,1,11,14H2,2-3H3/b20-13-. The Hall–Kier alpha value is -2.99. The fraction of sp³-hybridized carbons (Fsp3) is 0.182. The Labute approximate surface area is 168 Å². The molecule has 1 aliphatic rings. The second-order valence-corrected chi connectivity index (χ2v) is 7.20. The van der Waals surface area contributed by atoms with Gasteiger partial charge in [-0.1, -0.05) is 43.0 Å². The molecule has 0 N–H and O–H groups in total. The third kappa shape index (κ3) is 4.28. The molecule has 1 saturated heterocycles. The smallest absolute Gasteiger partial charge is 0.293 e. The van der Waals surface area contributed by atoms with E-state index in [0.717, 1.165) is 28.5 Å². The van der Waals surface area contributed by atoms with Gasteiger partial charge in [0.2, 0.25) is 0 Å². The highest BCUT2D eigenvalue weighted by Gasteiger charge is 2.35. The molecule has 0 saturated carbocycles. The molecule has 0 atom stereocenters. The molecular formula is C22H21NO4S. The van der Waals surface area contributed by atoms with Gasteiger partial charge in [0.25, 0.3) is 11.1 Å². The van der Waals surface area contributed by atoms with Crippen LogP contribution in [0, 0.1) is 6.92 Å². The van der Waals surface area contributed by atoms with Gasteiger partial charge in [0.15, 0.2) is 11.5 Å². The molecule has 2 aromatic carbocycles. The molecule has 6 heteroatoms. The summed E-state index contributed by atoms with van der Waals surface area (Å²) < 4.78 is 10.9. The van der Waals surface area contributed by atoms with E-state index in [0.29, 0.717) is 23.0 Å². The minimum Gasteiger partial charge on any atom is -0.493 e. The number of hydrogen-bond donors (Lipinski definition) is 0. The molecule has 0 radical (unpaired) electrons. The summed E-state index contributed by atoms with van der Waals surface area (Å²) in [5.41, 5.74) is 2.76. The first-order valence-electron chi connectivity index (χ1n) is 8.75. The normalized spacial score (nSPS) is 15.2. The highest BCUT2D eigenvalue weighted by molar-refractivity contribution is 8.18. The summed E-state index contributed by atoms with van der Waals surface area (Å²) in [6, 6.07) is 13.1. The van der Waals surface area contributed by atoms with Crippen LogP contribution in [0.1, 0.15) is 16.7 Å². The zero-order chi connectivity index (χ0) is 20.1. The number of aryl methyl sites for hydroxylation is 1. The van der Waals surface area contributed by atoms with Gasteiger partial charge in [0.1, 0.15) is 6.61 Å². The number of ether oxygens (including phenoxy) is 2. The van der Waals surface area contributed by atoms with E-state index in [1.54, 1.807) is 31.4 Å². The second-order valence-electron chi connectivity index (χ2n) is 6.20. The number of nitrogens with zero attached hydrogens (tertiary/aromatic N) is 1. The number of carbonyl (C=O) groups excluding carboxylic acids is 2. The minimum absolute atomic E-state index is 0.266. The molecule has 2 aromatic rings. The van der Waals surface area contributed by atoms with Crippen LogP contribution in [-0.2, 0) is 11.3 Å². The largest absolute Gasteiger partial charge is 0.493 e. The molecule has 0 unspecified atom stereocenters. The van der Waals surface area contributed by atoms with Gasteiger partial charge in [-0.3, -0.25) is 14.5 Å². The summed E-state index contributed by atoms with van der Waals surface area (Å²) in [6.45, 7) is 6.23. The first-order valence-corrected chi connectivity index (χ1v) is 9.56. The van der Waals surface area contributed by atoms with Gasteiger partial charge >= 0.3 is 0 Å². The molecule has 1 aliphatic heterocycles. The Balaban J connectivity index is 1.81. The number of thioether (sulfide) groups is 1. The van der Waals surface area contributed by atoms with Crippen LogP contribution in [0.15, 0.2) is 60.0 Å². The topological polar surface area (TPSA) is 55.8 Å². The van der Waals surface area contributed by atoms with Crippen molar-refractivity contribution < 1.29 is 19.1 Å². The van der Waals surface area contributed by atoms with Gasteiger partial charge in [-0.15, -0.1) is 0 Å². The van der Waals surface area contributed by atoms with Crippen molar-refractivity contribution in [2.45, 2.75) is 13.5 Å². The van der Waals surface area contributed by atoms with Gasteiger partial charge in [-0.25, -0.2) is 0 Å². The van der Waals surface area contributed by atoms with Crippen LogP contribution in [-0.4, -0.2) is 29.8 Å². The van der Waals surface area contributed by atoms with Crippen LogP contribution in [0.3, 0.4) is 0 Å². The molecule has 144 valence electrons. The van der Waals surface area contributed by atoms with Gasteiger partial charge in [0.05, 0.1) is 18.6 Å².